The Morgan fingerprint density at radius 3 is 2.52 bits per heavy atom. The van der Waals surface area contributed by atoms with Gasteiger partial charge in [-0.2, -0.15) is 9.61 Å². The lowest BCUT2D eigenvalue weighted by atomic mass is 9.96. The smallest absolute Gasteiger partial charge is 0.172 e. The minimum atomic E-state index is 0.635. The van der Waals surface area contributed by atoms with Crippen LogP contribution in [0.1, 0.15) is 32.1 Å². The molecule has 0 saturated heterocycles. The normalized spacial score (nSPS) is 14.7. The van der Waals surface area contributed by atoms with E-state index in [2.05, 4.69) is 67.5 Å². The monoisotopic (exact) mass is 493 g/mol. The zero-order valence-corrected chi connectivity index (χ0v) is 19.5. The molecule has 2 heterocycles. The molecule has 5 rings (SSSR count). The van der Waals surface area contributed by atoms with Crippen LogP contribution in [0, 0.1) is 0 Å². The molecule has 0 amide bonds. The van der Waals surface area contributed by atoms with E-state index in [0.717, 1.165) is 32.9 Å². The third-order valence-electron chi connectivity index (χ3n) is 5.57. The summed E-state index contributed by atoms with van der Waals surface area (Å²) < 4.78 is 6.32. The van der Waals surface area contributed by atoms with Crippen molar-refractivity contribution < 1.29 is 0 Å². The second-order valence-electron chi connectivity index (χ2n) is 7.82. The van der Waals surface area contributed by atoms with Gasteiger partial charge in [0.2, 0.25) is 0 Å². The van der Waals surface area contributed by atoms with Crippen molar-refractivity contribution in [3.63, 3.8) is 0 Å². The number of halogens is 1. The van der Waals surface area contributed by atoms with Gasteiger partial charge in [-0.25, -0.2) is 4.98 Å². The van der Waals surface area contributed by atoms with Crippen LogP contribution < -0.4 is 10.0 Å². The lowest BCUT2D eigenvalue weighted by Crippen LogP contribution is -2.25. The van der Waals surface area contributed by atoms with E-state index in [1.807, 2.05) is 28.8 Å². The van der Waals surface area contributed by atoms with Gasteiger partial charge >= 0.3 is 0 Å². The molecule has 0 bridgehead atoms. The maximum absolute atomic E-state index is 4.79. The molecular weight excluding hydrogens is 470 g/mol. The van der Waals surface area contributed by atoms with Gasteiger partial charge in [-0.1, -0.05) is 49.6 Å². The highest BCUT2D eigenvalue weighted by molar-refractivity contribution is 9.10. The molecule has 0 radical (unpaired) electrons. The molecule has 1 aliphatic rings. The molecule has 1 aliphatic carbocycles. The highest BCUT2D eigenvalue weighted by Crippen LogP contribution is 2.29. The van der Waals surface area contributed by atoms with E-state index in [1.54, 1.807) is 18.1 Å². The lowest BCUT2D eigenvalue weighted by Gasteiger charge is -2.22. The van der Waals surface area contributed by atoms with E-state index in [4.69, 9.17) is 4.98 Å². The van der Waals surface area contributed by atoms with Gasteiger partial charge in [-0.3, -0.25) is 4.72 Å². The van der Waals surface area contributed by atoms with Crippen molar-refractivity contribution in [2.24, 2.45) is 0 Å². The summed E-state index contributed by atoms with van der Waals surface area (Å²) >= 11 is 5.31. The van der Waals surface area contributed by atoms with Crippen LogP contribution in [0.3, 0.4) is 0 Å². The van der Waals surface area contributed by atoms with E-state index in [1.165, 1.54) is 37.0 Å². The molecule has 2 aromatic heterocycles. The van der Waals surface area contributed by atoms with Gasteiger partial charge in [0.05, 0.1) is 16.4 Å². The molecule has 5 nitrogen and oxygen atoms in total. The van der Waals surface area contributed by atoms with Crippen molar-refractivity contribution in [2.45, 2.75) is 43.0 Å². The van der Waals surface area contributed by atoms with Crippen LogP contribution >= 0.6 is 27.9 Å². The van der Waals surface area contributed by atoms with Crippen LogP contribution in [-0.2, 0) is 0 Å². The lowest BCUT2D eigenvalue weighted by molar-refractivity contribution is 0.423. The number of nitrogens with one attached hydrogen (secondary N) is 2. The molecule has 0 atom stereocenters. The van der Waals surface area contributed by atoms with Crippen molar-refractivity contribution in [2.75, 3.05) is 5.32 Å². The molecule has 1 fully saturated rings. The molecule has 2 aromatic carbocycles. The first-order chi connectivity index (χ1) is 15.3. The Morgan fingerprint density at radius 2 is 1.74 bits per heavy atom. The van der Waals surface area contributed by atoms with Crippen LogP contribution in [0.4, 0.5) is 11.5 Å². The molecule has 1 saturated carbocycles. The third-order valence-corrected chi connectivity index (χ3v) is 7.09. The van der Waals surface area contributed by atoms with Gasteiger partial charge in [0.25, 0.3) is 0 Å². The van der Waals surface area contributed by atoms with Gasteiger partial charge in [0.1, 0.15) is 5.82 Å². The summed E-state index contributed by atoms with van der Waals surface area (Å²) in [4.78, 5) is 6.02. The van der Waals surface area contributed by atoms with E-state index >= 15 is 0 Å². The molecule has 0 unspecified atom stereocenters. The first kappa shape index (κ1) is 20.5. The molecule has 2 N–H and O–H groups in total. The Bertz CT molecular complexity index is 1150. The minimum Gasteiger partial charge on any atom is -0.340 e. The number of benzene rings is 2. The number of hydrogen-bond acceptors (Lipinski definition) is 5. The highest BCUT2D eigenvalue weighted by atomic mass is 79.9. The summed E-state index contributed by atoms with van der Waals surface area (Å²) in [6.07, 6.45) is 8.41. The predicted octanol–water partition coefficient (Wildman–Crippen LogP) is 6.83. The molecule has 7 heteroatoms. The van der Waals surface area contributed by atoms with Crippen molar-refractivity contribution in [3.8, 4) is 11.3 Å². The summed E-state index contributed by atoms with van der Waals surface area (Å²) in [5, 5.41) is 7.99. The zero-order chi connectivity index (χ0) is 21.0. The zero-order valence-electron chi connectivity index (χ0n) is 17.1. The van der Waals surface area contributed by atoms with Crippen molar-refractivity contribution in [1.82, 2.24) is 19.3 Å². The molecule has 4 aromatic rings. The maximum Gasteiger partial charge on any atom is 0.172 e. The fraction of sp³-hybridized carbons (Fsp3) is 0.250. The summed E-state index contributed by atoms with van der Waals surface area (Å²) in [5.74, 6) is 0.871. The second-order valence-corrected chi connectivity index (χ2v) is 9.59. The number of anilines is 2. The van der Waals surface area contributed by atoms with Crippen LogP contribution in [0.5, 0.6) is 0 Å². The van der Waals surface area contributed by atoms with E-state index in [9.17, 15) is 0 Å². The largest absolute Gasteiger partial charge is 0.340 e. The van der Waals surface area contributed by atoms with Crippen molar-refractivity contribution >= 4 is 45.0 Å². The average Bonchev–Trinajstić information content (AvgIpc) is 3.21. The Balaban J connectivity index is 1.36. The van der Waals surface area contributed by atoms with E-state index in [0.29, 0.717) is 6.04 Å². The van der Waals surface area contributed by atoms with Crippen LogP contribution in [0.2, 0.25) is 0 Å². The van der Waals surface area contributed by atoms with Gasteiger partial charge < -0.3 is 5.32 Å². The topological polar surface area (TPSA) is 54.2 Å². The first-order valence-corrected chi connectivity index (χ1v) is 12.3. The van der Waals surface area contributed by atoms with Gasteiger partial charge in [-0.15, -0.1) is 0 Å². The van der Waals surface area contributed by atoms with E-state index in [-0.39, 0.29) is 0 Å². The number of hydrogen-bond donors (Lipinski definition) is 2. The standard InChI is InChI=1S/C24H24BrN5S/c25-21-16-26-30-23(15-22(28-24(21)30)17-7-3-1-4-8-17)27-18-11-13-20(14-12-18)31-29-19-9-5-2-6-10-19/h1,3-4,7-8,11-16,19,27,29H,2,5-6,9-10H2. The second kappa shape index (κ2) is 9.42. The summed E-state index contributed by atoms with van der Waals surface area (Å²) in [7, 11) is 0. The number of aromatic nitrogens is 3. The first-order valence-electron chi connectivity index (χ1n) is 10.7. The SMILES string of the molecule is Brc1cnn2c(Nc3ccc(SNC4CCCCC4)cc3)cc(-c3ccccc3)nc12. The summed E-state index contributed by atoms with van der Waals surface area (Å²) in [6, 6.07) is 21.4. The molecule has 0 spiro atoms. The molecular formula is C24H24BrN5S. The number of fused-ring (bicyclic) bond motifs is 1. The highest BCUT2D eigenvalue weighted by Gasteiger charge is 2.14. The van der Waals surface area contributed by atoms with Crippen LogP contribution in [0.15, 0.2) is 76.2 Å². The van der Waals surface area contributed by atoms with Crippen LogP contribution in [-0.4, -0.2) is 20.6 Å². The number of nitrogens with zero attached hydrogens (tertiary/aromatic N) is 3. The molecule has 0 aliphatic heterocycles. The predicted molar refractivity (Wildman–Crippen MR) is 132 cm³/mol. The number of rotatable bonds is 6. The Labute approximate surface area is 194 Å². The van der Waals surface area contributed by atoms with Crippen molar-refractivity contribution in [1.29, 1.82) is 0 Å². The summed E-state index contributed by atoms with van der Waals surface area (Å²) in [5.41, 5.74) is 3.77. The molecule has 31 heavy (non-hydrogen) atoms. The third kappa shape index (κ3) is 4.79. The molecule has 158 valence electrons. The Kier molecular flexibility index (Phi) is 6.25. The van der Waals surface area contributed by atoms with Gasteiger partial charge in [0.15, 0.2) is 5.65 Å². The average molecular weight is 494 g/mol. The van der Waals surface area contributed by atoms with E-state index < -0.39 is 0 Å². The quantitative estimate of drug-likeness (QED) is 0.288. The summed E-state index contributed by atoms with van der Waals surface area (Å²) in [6.45, 7) is 0. The maximum atomic E-state index is 4.79. The van der Waals surface area contributed by atoms with Gasteiger partial charge in [0, 0.05) is 28.3 Å². The minimum absolute atomic E-state index is 0.635. The fourth-order valence-electron chi connectivity index (χ4n) is 3.91. The fourth-order valence-corrected chi connectivity index (χ4v) is 5.07. The van der Waals surface area contributed by atoms with Gasteiger partial charge in [-0.05, 0) is 65.0 Å². The Morgan fingerprint density at radius 1 is 0.968 bits per heavy atom. The van der Waals surface area contributed by atoms with Crippen LogP contribution in [0.25, 0.3) is 16.9 Å². The Hall–Kier alpha value is -2.35. The van der Waals surface area contributed by atoms with Crippen molar-refractivity contribution in [3.05, 3.63) is 71.3 Å².